The van der Waals surface area contributed by atoms with Crippen molar-refractivity contribution in [3.05, 3.63) is 53.1 Å². The largest absolute Gasteiger partial charge is 0.497 e. The number of rotatable bonds is 6. The van der Waals surface area contributed by atoms with Crippen LogP contribution in [0.4, 0.5) is 5.69 Å². The van der Waals surface area contributed by atoms with Crippen molar-refractivity contribution in [1.82, 2.24) is 0 Å². The van der Waals surface area contributed by atoms with Gasteiger partial charge in [-0.25, -0.2) is 0 Å². The Labute approximate surface area is 161 Å². The van der Waals surface area contributed by atoms with E-state index in [0.29, 0.717) is 6.54 Å². The second kappa shape index (κ2) is 8.44. The Morgan fingerprint density at radius 2 is 1.85 bits per heavy atom. The standard InChI is InChI=1S/C22H28N2O3/c1-15-10-16(2)12-17(11-15)23-22(25)14-24-9-5-6-20(24)19-13-18(26-3)7-8-21(19)27-4/h7-8,10-13,20H,5-6,9,14H2,1-4H3,(H,23,25)/p+1/t20-/m1/s1. The molecule has 0 spiro atoms. The molecule has 0 saturated carbocycles. The molecule has 5 nitrogen and oxygen atoms in total. The van der Waals surface area contributed by atoms with Gasteiger partial charge in [0.1, 0.15) is 17.5 Å². The molecule has 0 radical (unpaired) electrons. The normalized spacial score (nSPS) is 19.0. The highest BCUT2D eigenvalue weighted by Gasteiger charge is 2.34. The molecule has 0 aromatic heterocycles. The molecule has 2 atom stereocenters. The van der Waals surface area contributed by atoms with Gasteiger partial charge >= 0.3 is 0 Å². The van der Waals surface area contributed by atoms with Gasteiger partial charge in [-0.3, -0.25) is 4.79 Å². The molecule has 1 amide bonds. The first kappa shape index (κ1) is 19.2. The minimum Gasteiger partial charge on any atom is -0.497 e. The van der Waals surface area contributed by atoms with Gasteiger partial charge in [-0.05, 0) is 55.3 Å². The SMILES string of the molecule is COc1ccc(OC)c([C@H]2CCC[NH+]2CC(=O)Nc2cc(C)cc(C)c2)c1. The Balaban J connectivity index is 1.74. The fraction of sp³-hybridized carbons (Fsp3) is 0.409. The minimum absolute atomic E-state index is 0.0452. The predicted molar refractivity (Wildman–Crippen MR) is 107 cm³/mol. The molecular weight excluding hydrogens is 340 g/mol. The molecule has 1 heterocycles. The van der Waals surface area contributed by atoms with E-state index in [-0.39, 0.29) is 11.9 Å². The first-order valence-corrected chi connectivity index (χ1v) is 9.45. The minimum atomic E-state index is 0.0452. The summed E-state index contributed by atoms with van der Waals surface area (Å²) in [5.74, 6) is 1.72. The van der Waals surface area contributed by atoms with E-state index in [1.165, 1.54) is 4.90 Å². The number of methoxy groups -OCH3 is 2. The number of hydrogen-bond donors (Lipinski definition) is 2. The Kier molecular flexibility index (Phi) is 6.01. The lowest BCUT2D eigenvalue weighted by Crippen LogP contribution is -3.11. The van der Waals surface area contributed by atoms with Gasteiger partial charge in [-0.1, -0.05) is 6.07 Å². The lowest BCUT2D eigenvalue weighted by atomic mass is 10.0. The Morgan fingerprint density at radius 3 is 2.52 bits per heavy atom. The Bertz CT molecular complexity index is 799. The zero-order chi connectivity index (χ0) is 19.4. The van der Waals surface area contributed by atoms with Crippen LogP contribution in [0.25, 0.3) is 0 Å². The predicted octanol–water partition coefficient (Wildman–Crippen LogP) is 2.68. The molecular formula is C22H29N2O3+. The van der Waals surface area contributed by atoms with Crippen molar-refractivity contribution in [1.29, 1.82) is 0 Å². The summed E-state index contributed by atoms with van der Waals surface area (Å²) in [5, 5.41) is 3.06. The van der Waals surface area contributed by atoms with Crippen molar-refractivity contribution in [2.45, 2.75) is 32.7 Å². The van der Waals surface area contributed by atoms with E-state index in [4.69, 9.17) is 9.47 Å². The monoisotopic (exact) mass is 369 g/mol. The van der Waals surface area contributed by atoms with Crippen molar-refractivity contribution in [2.75, 3.05) is 32.6 Å². The summed E-state index contributed by atoms with van der Waals surface area (Å²) in [6.45, 7) is 5.50. The molecule has 0 bridgehead atoms. The van der Waals surface area contributed by atoms with Gasteiger partial charge in [0, 0.05) is 18.5 Å². The van der Waals surface area contributed by atoms with Gasteiger partial charge in [0.25, 0.3) is 5.91 Å². The lowest BCUT2D eigenvalue weighted by molar-refractivity contribution is -0.910. The van der Waals surface area contributed by atoms with Crippen LogP contribution in [0, 0.1) is 13.8 Å². The smallest absolute Gasteiger partial charge is 0.279 e. The van der Waals surface area contributed by atoms with Crippen LogP contribution in [0.2, 0.25) is 0 Å². The van der Waals surface area contributed by atoms with E-state index in [2.05, 4.69) is 11.4 Å². The Morgan fingerprint density at radius 1 is 1.11 bits per heavy atom. The molecule has 1 aliphatic heterocycles. The Hall–Kier alpha value is -2.53. The van der Waals surface area contributed by atoms with Crippen molar-refractivity contribution < 1.29 is 19.2 Å². The van der Waals surface area contributed by atoms with Crippen LogP contribution in [0.1, 0.15) is 35.6 Å². The van der Waals surface area contributed by atoms with Gasteiger partial charge in [0.05, 0.1) is 26.3 Å². The molecule has 1 aliphatic rings. The summed E-state index contributed by atoms with van der Waals surface area (Å²) in [7, 11) is 3.36. The van der Waals surface area contributed by atoms with Crippen LogP contribution in [0.3, 0.4) is 0 Å². The summed E-state index contributed by atoms with van der Waals surface area (Å²) >= 11 is 0. The maximum absolute atomic E-state index is 12.7. The fourth-order valence-electron chi connectivity index (χ4n) is 4.07. The first-order chi connectivity index (χ1) is 13.0. The first-order valence-electron chi connectivity index (χ1n) is 9.45. The highest BCUT2D eigenvalue weighted by Crippen LogP contribution is 2.31. The third-order valence-electron chi connectivity index (χ3n) is 5.19. The third-order valence-corrected chi connectivity index (χ3v) is 5.19. The van der Waals surface area contributed by atoms with E-state index in [1.54, 1.807) is 14.2 Å². The second-order valence-corrected chi connectivity index (χ2v) is 7.31. The molecule has 2 aromatic rings. The van der Waals surface area contributed by atoms with Crippen LogP contribution in [0.15, 0.2) is 36.4 Å². The number of carbonyl (C=O) groups excluding carboxylic acids is 1. The van der Waals surface area contributed by atoms with Crippen LogP contribution in [-0.2, 0) is 4.79 Å². The number of benzene rings is 2. The van der Waals surface area contributed by atoms with Crippen LogP contribution in [-0.4, -0.2) is 33.2 Å². The van der Waals surface area contributed by atoms with Crippen LogP contribution in [0.5, 0.6) is 11.5 Å². The molecule has 0 aliphatic carbocycles. The summed E-state index contributed by atoms with van der Waals surface area (Å²) < 4.78 is 11.0. The highest BCUT2D eigenvalue weighted by atomic mass is 16.5. The summed E-state index contributed by atoms with van der Waals surface area (Å²) in [6.07, 6.45) is 2.13. The maximum atomic E-state index is 12.7. The highest BCUT2D eigenvalue weighted by molar-refractivity contribution is 5.91. The second-order valence-electron chi connectivity index (χ2n) is 7.31. The van der Waals surface area contributed by atoms with E-state index in [9.17, 15) is 4.79 Å². The molecule has 5 heteroatoms. The average Bonchev–Trinajstić information content (AvgIpc) is 3.07. The number of ether oxygens (including phenoxy) is 2. The van der Waals surface area contributed by atoms with E-state index in [0.717, 1.165) is 53.3 Å². The van der Waals surface area contributed by atoms with Crippen LogP contribution >= 0.6 is 0 Å². The zero-order valence-electron chi connectivity index (χ0n) is 16.6. The average molecular weight is 369 g/mol. The number of anilines is 1. The molecule has 144 valence electrons. The van der Waals surface area contributed by atoms with Gasteiger partial charge in [0.2, 0.25) is 0 Å². The number of quaternary nitrogens is 1. The third kappa shape index (κ3) is 4.61. The molecule has 2 aromatic carbocycles. The quantitative estimate of drug-likeness (QED) is 0.823. The van der Waals surface area contributed by atoms with Crippen molar-refractivity contribution in [2.24, 2.45) is 0 Å². The van der Waals surface area contributed by atoms with Gasteiger partial charge in [-0.2, -0.15) is 0 Å². The maximum Gasteiger partial charge on any atom is 0.279 e. The van der Waals surface area contributed by atoms with E-state index < -0.39 is 0 Å². The fourth-order valence-corrected chi connectivity index (χ4v) is 4.07. The molecule has 27 heavy (non-hydrogen) atoms. The molecule has 2 N–H and O–H groups in total. The molecule has 1 unspecified atom stereocenters. The number of carbonyl (C=O) groups is 1. The number of nitrogens with one attached hydrogen (secondary N) is 2. The molecule has 1 fully saturated rings. The van der Waals surface area contributed by atoms with Gasteiger partial charge in [0.15, 0.2) is 6.54 Å². The van der Waals surface area contributed by atoms with Gasteiger partial charge < -0.3 is 19.7 Å². The van der Waals surface area contributed by atoms with Crippen molar-refractivity contribution >= 4 is 11.6 Å². The van der Waals surface area contributed by atoms with E-state index in [1.807, 2.05) is 44.2 Å². The summed E-state index contributed by atoms with van der Waals surface area (Å²) in [6, 6.07) is 12.2. The number of amides is 1. The molecule has 1 saturated heterocycles. The van der Waals surface area contributed by atoms with Gasteiger partial charge in [-0.15, -0.1) is 0 Å². The summed E-state index contributed by atoms with van der Waals surface area (Å²) in [4.78, 5) is 13.9. The lowest BCUT2D eigenvalue weighted by Gasteiger charge is -2.23. The topological polar surface area (TPSA) is 52.0 Å². The molecule has 3 rings (SSSR count). The number of aryl methyl sites for hydroxylation is 2. The summed E-state index contributed by atoms with van der Waals surface area (Å²) in [5.41, 5.74) is 4.28. The number of hydrogen-bond acceptors (Lipinski definition) is 3. The van der Waals surface area contributed by atoms with Crippen molar-refractivity contribution in [3.63, 3.8) is 0 Å². The van der Waals surface area contributed by atoms with Crippen LogP contribution < -0.4 is 19.7 Å². The number of likely N-dealkylation sites (tertiary alicyclic amines) is 1. The van der Waals surface area contributed by atoms with Crippen molar-refractivity contribution in [3.8, 4) is 11.5 Å². The van der Waals surface area contributed by atoms with E-state index >= 15 is 0 Å². The zero-order valence-corrected chi connectivity index (χ0v) is 16.6.